The number of ether oxygens (including phenoxy) is 3. The summed E-state index contributed by atoms with van der Waals surface area (Å²) in [6.07, 6.45) is -0.165. The molecule has 0 spiro atoms. The van der Waals surface area contributed by atoms with Gasteiger partial charge in [0.05, 0.1) is 19.8 Å². The first-order chi connectivity index (χ1) is 12.1. The van der Waals surface area contributed by atoms with E-state index in [1.807, 2.05) is 24.3 Å². The summed E-state index contributed by atoms with van der Waals surface area (Å²) in [4.78, 5) is 16.3. The average molecular weight is 349 g/mol. The number of amides is 2. The van der Waals surface area contributed by atoms with Crippen molar-refractivity contribution in [2.75, 3.05) is 53.0 Å². The average Bonchev–Trinajstić information content (AvgIpc) is 2.66. The molecule has 0 aromatic heterocycles. The van der Waals surface area contributed by atoms with Gasteiger partial charge in [-0.1, -0.05) is 12.1 Å². The molecule has 2 atom stereocenters. The maximum Gasteiger partial charge on any atom is 0.317 e. The number of para-hydroxylation sites is 2. The van der Waals surface area contributed by atoms with Crippen molar-refractivity contribution in [3.8, 4) is 11.5 Å². The van der Waals surface area contributed by atoms with Crippen molar-refractivity contribution in [3.63, 3.8) is 0 Å². The molecule has 1 fully saturated rings. The second-order valence-corrected chi connectivity index (χ2v) is 6.56. The highest BCUT2D eigenvalue weighted by Gasteiger charge is 2.24. The maximum atomic E-state index is 12.3. The lowest BCUT2D eigenvalue weighted by atomic mass is 10.2. The van der Waals surface area contributed by atoms with Crippen LogP contribution in [-0.2, 0) is 4.74 Å². The zero-order chi connectivity index (χ0) is 17.6. The fraction of sp³-hybridized carbons (Fsp3) is 0.611. The highest BCUT2D eigenvalue weighted by atomic mass is 16.6. The van der Waals surface area contributed by atoms with Crippen LogP contribution in [0.5, 0.6) is 11.5 Å². The van der Waals surface area contributed by atoms with Gasteiger partial charge in [0.1, 0.15) is 6.61 Å². The van der Waals surface area contributed by atoms with Gasteiger partial charge in [-0.2, -0.15) is 0 Å². The monoisotopic (exact) mass is 349 g/mol. The van der Waals surface area contributed by atoms with Gasteiger partial charge in [0.25, 0.3) is 0 Å². The number of nitrogens with one attached hydrogen (secondary N) is 1. The SMILES string of the molecule is C[C@H](CNC(=O)N(C)C[C@H]1COc2ccccc2O1)N1CCOCC1. The number of likely N-dealkylation sites (N-methyl/N-ethyl adjacent to an activating group) is 1. The van der Waals surface area contributed by atoms with E-state index in [4.69, 9.17) is 14.2 Å². The van der Waals surface area contributed by atoms with Gasteiger partial charge >= 0.3 is 6.03 Å². The summed E-state index contributed by atoms with van der Waals surface area (Å²) in [5, 5.41) is 3.00. The van der Waals surface area contributed by atoms with Crippen LogP contribution in [0.1, 0.15) is 6.92 Å². The summed E-state index contributed by atoms with van der Waals surface area (Å²) in [7, 11) is 1.78. The quantitative estimate of drug-likeness (QED) is 0.865. The van der Waals surface area contributed by atoms with Gasteiger partial charge < -0.3 is 24.4 Å². The van der Waals surface area contributed by atoms with E-state index in [9.17, 15) is 4.79 Å². The van der Waals surface area contributed by atoms with Gasteiger partial charge in [-0.25, -0.2) is 4.79 Å². The Morgan fingerprint density at radius 3 is 2.80 bits per heavy atom. The Labute approximate surface area is 148 Å². The molecule has 1 aromatic rings. The molecule has 25 heavy (non-hydrogen) atoms. The van der Waals surface area contributed by atoms with Gasteiger partial charge in [0.15, 0.2) is 17.6 Å². The zero-order valence-electron chi connectivity index (χ0n) is 14.9. The van der Waals surface area contributed by atoms with E-state index in [0.29, 0.717) is 25.7 Å². The van der Waals surface area contributed by atoms with Gasteiger partial charge in [-0.15, -0.1) is 0 Å². The summed E-state index contributed by atoms with van der Waals surface area (Å²) in [6.45, 7) is 7.02. The van der Waals surface area contributed by atoms with E-state index < -0.39 is 0 Å². The molecular weight excluding hydrogens is 322 g/mol. The van der Waals surface area contributed by atoms with E-state index in [0.717, 1.165) is 37.8 Å². The van der Waals surface area contributed by atoms with Crippen LogP contribution < -0.4 is 14.8 Å². The van der Waals surface area contributed by atoms with Crippen molar-refractivity contribution < 1.29 is 19.0 Å². The summed E-state index contributed by atoms with van der Waals surface area (Å²) in [5.41, 5.74) is 0. The van der Waals surface area contributed by atoms with Crippen LogP contribution in [0.15, 0.2) is 24.3 Å². The third kappa shape index (κ3) is 4.76. The number of fused-ring (bicyclic) bond motifs is 1. The Kier molecular flexibility index (Phi) is 5.99. The number of rotatable bonds is 5. The highest BCUT2D eigenvalue weighted by molar-refractivity contribution is 5.73. The Morgan fingerprint density at radius 2 is 2.04 bits per heavy atom. The Bertz CT molecular complexity index is 577. The molecule has 1 N–H and O–H groups in total. The summed E-state index contributed by atoms with van der Waals surface area (Å²) in [5.74, 6) is 1.48. The first-order valence-electron chi connectivity index (χ1n) is 8.82. The lowest BCUT2D eigenvalue weighted by molar-refractivity contribution is 0.0205. The van der Waals surface area contributed by atoms with Crippen molar-refractivity contribution >= 4 is 6.03 Å². The molecule has 2 heterocycles. The number of morpholine rings is 1. The molecular formula is C18H27N3O4. The van der Waals surface area contributed by atoms with Crippen LogP contribution in [-0.4, -0.2) is 81.0 Å². The largest absolute Gasteiger partial charge is 0.486 e. The van der Waals surface area contributed by atoms with E-state index in [-0.39, 0.29) is 12.1 Å². The van der Waals surface area contributed by atoms with Crippen LogP contribution >= 0.6 is 0 Å². The van der Waals surface area contributed by atoms with Crippen LogP contribution in [0.2, 0.25) is 0 Å². The minimum atomic E-state index is -0.165. The third-order valence-electron chi connectivity index (χ3n) is 4.61. The highest BCUT2D eigenvalue weighted by Crippen LogP contribution is 2.30. The lowest BCUT2D eigenvalue weighted by Gasteiger charge is -2.33. The Hall–Kier alpha value is -1.99. The molecule has 2 aliphatic rings. The molecule has 2 aliphatic heterocycles. The second-order valence-electron chi connectivity index (χ2n) is 6.56. The predicted octanol–water partition coefficient (Wildman–Crippen LogP) is 1.19. The standard InChI is InChI=1S/C18H27N3O4/c1-14(21-7-9-23-10-8-21)11-19-18(22)20(2)12-15-13-24-16-5-3-4-6-17(16)25-15/h3-6,14-15H,7-13H2,1-2H3,(H,19,22)/t14-,15+/m1/s1. The molecule has 7 nitrogen and oxygen atoms in total. The molecule has 0 unspecified atom stereocenters. The molecule has 0 radical (unpaired) electrons. The fourth-order valence-corrected chi connectivity index (χ4v) is 3.06. The van der Waals surface area contributed by atoms with Gasteiger partial charge in [-0.3, -0.25) is 4.90 Å². The van der Waals surface area contributed by atoms with E-state index in [1.54, 1.807) is 11.9 Å². The van der Waals surface area contributed by atoms with Crippen molar-refractivity contribution in [2.45, 2.75) is 19.1 Å². The molecule has 0 bridgehead atoms. The molecule has 138 valence electrons. The summed E-state index contributed by atoms with van der Waals surface area (Å²) < 4.78 is 17.0. The number of carbonyl (C=O) groups excluding carboxylic acids is 1. The van der Waals surface area contributed by atoms with E-state index >= 15 is 0 Å². The number of nitrogens with zero attached hydrogens (tertiary/aromatic N) is 2. The molecule has 7 heteroatoms. The number of carbonyl (C=O) groups is 1. The fourth-order valence-electron chi connectivity index (χ4n) is 3.06. The molecule has 1 aromatic carbocycles. The predicted molar refractivity (Wildman–Crippen MR) is 94.2 cm³/mol. The van der Waals surface area contributed by atoms with Crippen LogP contribution in [0.4, 0.5) is 4.79 Å². The van der Waals surface area contributed by atoms with E-state index in [1.165, 1.54) is 0 Å². The number of hydrogen-bond donors (Lipinski definition) is 1. The molecule has 3 rings (SSSR count). The van der Waals surface area contributed by atoms with Crippen LogP contribution in [0.3, 0.4) is 0 Å². The Morgan fingerprint density at radius 1 is 1.32 bits per heavy atom. The topological polar surface area (TPSA) is 63.3 Å². The smallest absolute Gasteiger partial charge is 0.317 e. The van der Waals surface area contributed by atoms with Crippen molar-refractivity contribution in [3.05, 3.63) is 24.3 Å². The lowest BCUT2D eigenvalue weighted by Crippen LogP contribution is -2.50. The summed E-state index contributed by atoms with van der Waals surface area (Å²) in [6, 6.07) is 7.79. The summed E-state index contributed by atoms with van der Waals surface area (Å²) >= 11 is 0. The molecule has 0 aliphatic carbocycles. The van der Waals surface area contributed by atoms with Gasteiger partial charge in [0, 0.05) is 32.7 Å². The minimum absolute atomic E-state index is 0.0948. The first-order valence-corrected chi connectivity index (χ1v) is 8.82. The number of hydrogen-bond acceptors (Lipinski definition) is 5. The molecule has 1 saturated heterocycles. The first kappa shape index (κ1) is 17.8. The van der Waals surface area contributed by atoms with Crippen LogP contribution in [0.25, 0.3) is 0 Å². The normalized spacial score (nSPS) is 21.4. The number of urea groups is 1. The maximum absolute atomic E-state index is 12.3. The molecule has 0 saturated carbocycles. The third-order valence-corrected chi connectivity index (χ3v) is 4.61. The molecule has 2 amide bonds. The van der Waals surface area contributed by atoms with Crippen molar-refractivity contribution in [2.24, 2.45) is 0 Å². The van der Waals surface area contributed by atoms with Crippen molar-refractivity contribution in [1.29, 1.82) is 0 Å². The van der Waals surface area contributed by atoms with Crippen molar-refractivity contribution in [1.82, 2.24) is 15.1 Å². The Balaban J connectivity index is 1.42. The van der Waals surface area contributed by atoms with E-state index in [2.05, 4.69) is 17.1 Å². The minimum Gasteiger partial charge on any atom is -0.486 e. The van der Waals surface area contributed by atoms with Gasteiger partial charge in [0.2, 0.25) is 0 Å². The number of benzene rings is 1. The van der Waals surface area contributed by atoms with Crippen LogP contribution in [0, 0.1) is 0 Å². The second kappa shape index (κ2) is 8.40. The zero-order valence-corrected chi connectivity index (χ0v) is 14.9. The van der Waals surface area contributed by atoms with Gasteiger partial charge in [-0.05, 0) is 19.1 Å².